The summed E-state index contributed by atoms with van der Waals surface area (Å²) >= 11 is 0. The molecule has 0 aliphatic heterocycles. The van der Waals surface area contributed by atoms with E-state index in [-0.39, 0.29) is 5.69 Å². The first kappa shape index (κ1) is 13.9. The molecule has 1 aromatic rings. The van der Waals surface area contributed by atoms with Crippen molar-refractivity contribution in [3.63, 3.8) is 0 Å². The largest absolute Gasteiger partial charge is 0.493 e. The third-order valence-electron chi connectivity index (χ3n) is 1.90. The summed E-state index contributed by atoms with van der Waals surface area (Å²) in [6.45, 7) is 0. The predicted octanol–water partition coefficient (Wildman–Crippen LogP) is 2.35. The standard InChI is InChI=1S/C10H11F3N2O3/c1-17-7-4-3-6(5-8(7)18-2)14-9(16)15-10(11,12)13/h3-5H,1-2H3,(H2,14,15,16). The van der Waals surface area contributed by atoms with Gasteiger partial charge in [0.05, 0.1) is 14.2 Å². The van der Waals surface area contributed by atoms with Gasteiger partial charge in [-0.3, -0.25) is 0 Å². The van der Waals surface area contributed by atoms with Gasteiger partial charge in [-0.15, -0.1) is 0 Å². The van der Waals surface area contributed by atoms with Crippen LogP contribution in [0.15, 0.2) is 18.2 Å². The van der Waals surface area contributed by atoms with Crippen LogP contribution in [-0.4, -0.2) is 26.6 Å². The van der Waals surface area contributed by atoms with Gasteiger partial charge in [0.1, 0.15) is 0 Å². The summed E-state index contributed by atoms with van der Waals surface area (Å²) in [7, 11) is 2.79. The molecule has 1 rings (SSSR count). The summed E-state index contributed by atoms with van der Waals surface area (Å²) < 4.78 is 45.5. The van der Waals surface area contributed by atoms with Crippen molar-refractivity contribution in [1.29, 1.82) is 0 Å². The third-order valence-corrected chi connectivity index (χ3v) is 1.90. The first-order valence-electron chi connectivity index (χ1n) is 4.73. The van der Waals surface area contributed by atoms with Crippen molar-refractivity contribution < 1.29 is 27.4 Å². The fraction of sp³-hybridized carbons (Fsp3) is 0.300. The average Bonchev–Trinajstić information content (AvgIpc) is 2.26. The second-order valence-electron chi connectivity index (χ2n) is 3.15. The Labute approximate surface area is 101 Å². The van der Waals surface area contributed by atoms with E-state index in [1.165, 1.54) is 32.4 Å². The number of alkyl halides is 3. The smallest absolute Gasteiger partial charge is 0.485 e. The van der Waals surface area contributed by atoms with Crippen LogP contribution in [0.5, 0.6) is 11.5 Å². The van der Waals surface area contributed by atoms with Gasteiger partial charge in [-0.05, 0) is 12.1 Å². The quantitative estimate of drug-likeness (QED) is 0.824. The van der Waals surface area contributed by atoms with Crippen LogP contribution < -0.4 is 20.1 Å². The molecule has 0 radical (unpaired) electrons. The highest BCUT2D eigenvalue weighted by Crippen LogP contribution is 2.29. The van der Waals surface area contributed by atoms with Crippen molar-refractivity contribution in [3.8, 4) is 11.5 Å². The molecule has 0 bridgehead atoms. The molecular weight excluding hydrogens is 253 g/mol. The molecular formula is C10H11F3N2O3. The molecule has 0 aliphatic carbocycles. The highest BCUT2D eigenvalue weighted by atomic mass is 19.4. The van der Waals surface area contributed by atoms with Crippen molar-refractivity contribution in [3.05, 3.63) is 18.2 Å². The van der Waals surface area contributed by atoms with Crippen molar-refractivity contribution in [2.45, 2.75) is 6.30 Å². The van der Waals surface area contributed by atoms with E-state index in [1.54, 1.807) is 0 Å². The Hall–Kier alpha value is -2.12. The van der Waals surface area contributed by atoms with E-state index in [4.69, 9.17) is 9.47 Å². The fourth-order valence-electron chi connectivity index (χ4n) is 1.21. The number of amides is 2. The van der Waals surface area contributed by atoms with E-state index in [9.17, 15) is 18.0 Å². The number of ether oxygens (including phenoxy) is 2. The minimum absolute atomic E-state index is 0.148. The monoisotopic (exact) mass is 264 g/mol. The van der Waals surface area contributed by atoms with Crippen molar-refractivity contribution in [1.82, 2.24) is 5.32 Å². The van der Waals surface area contributed by atoms with Gasteiger partial charge in [0.25, 0.3) is 0 Å². The van der Waals surface area contributed by atoms with Gasteiger partial charge in [-0.25, -0.2) is 10.1 Å². The van der Waals surface area contributed by atoms with Crippen molar-refractivity contribution in [2.75, 3.05) is 19.5 Å². The molecule has 0 heterocycles. The van der Waals surface area contributed by atoms with Crippen LogP contribution in [0, 0.1) is 0 Å². The second kappa shape index (κ2) is 5.48. The minimum atomic E-state index is -4.78. The highest BCUT2D eigenvalue weighted by Gasteiger charge is 2.30. The maximum atomic E-state index is 11.9. The van der Waals surface area contributed by atoms with E-state index >= 15 is 0 Å². The lowest BCUT2D eigenvalue weighted by Crippen LogP contribution is -2.40. The Morgan fingerprint density at radius 3 is 2.28 bits per heavy atom. The Balaban J connectivity index is 2.76. The molecule has 0 spiro atoms. The number of urea groups is 1. The van der Waals surface area contributed by atoms with E-state index in [0.29, 0.717) is 11.5 Å². The Morgan fingerprint density at radius 2 is 1.78 bits per heavy atom. The Morgan fingerprint density at radius 1 is 1.17 bits per heavy atom. The zero-order chi connectivity index (χ0) is 13.8. The first-order valence-corrected chi connectivity index (χ1v) is 4.73. The summed E-state index contributed by atoms with van der Waals surface area (Å²) in [6.07, 6.45) is -4.78. The van der Waals surface area contributed by atoms with E-state index in [0.717, 1.165) is 5.32 Å². The lowest BCUT2D eigenvalue weighted by atomic mass is 10.3. The molecule has 18 heavy (non-hydrogen) atoms. The average molecular weight is 264 g/mol. The normalized spacial score (nSPS) is 10.7. The molecule has 0 saturated carbocycles. The maximum absolute atomic E-state index is 11.9. The lowest BCUT2D eigenvalue weighted by molar-refractivity contribution is -0.144. The van der Waals surface area contributed by atoms with Crippen LogP contribution in [0.2, 0.25) is 0 Å². The van der Waals surface area contributed by atoms with E-state index in [1.807, 2.05) is 5.32 Å². The molecule has 8 heteroatoms. The topological polar surface area (TPSA) is 59.6 Å². The summed E-state index contributed by atoms with van der Waals surface area (Å²) in [5, 5.41) is 2.83. The number of hydrogen-bond acceptors (Lipinski definition) is 3. The van der Waals surface area contributed by atoms with E-state index < -0.39 is 12.3 Å². The number of halogens is 3. The van der Waals surface area contributed by atoms with Gasteiger partial charge >= 0.3 is 12.3 Å². The number of nitrogens with one attached hydrogen (secondary N) is 2. The predicted molar refractivity (Wildman–Crippen MR) is 57.8 cm³/mol. The van der Waals surface area contributed by atoms with E-state index in [2.05, 4.69) is 0 Å². The summed E-state index contributed by atoms with van der Waals surface area (Å²) in [4.78, 5) is 11.0. The molecule has 0 fully saturated rings. The maximum Gasteiger partial charge on any atom is 0.485 e. The highest BCUT2D eigenvalue weighted by molar-refractivity contribution is 5.89. The summed E-state index contributed by atoms with van der Waals surface area (Å²) in [5.41, 5.74) is 0.148. The SMILES string of the molecule is COc1ccc(NC(=O)NC(F)(F)F)cc1OC. The number of carbonyl (C=O) groups is 1. The van der Waals surface area contributed by atoms with Gasteiger partial charge in [-0.2, -0.15) is 13.2 Å². The molecule has 5 nitrogen and oxygen atoms in total. The molecule has 1 aromatic carbocycles. The fourth-order valence-corrected chi connectivity index (χ4v) is 1.21. The zero-order valence-corrected chi connectivity index (χ0v) is 9.59. The molecule has 0 atom stereocenters. The van der Waals surface area contributed by atoms with Crippen LogP contribution in [0.25, 0.3) is 0 Å². The molecule has 0 saturated heterocycles. The summed E-state index contributed by atoms with van der Waals surface area (Å²) in [6, 6.07) is 2.81. The van der Waals surface area contributed by atoms with Crippen LogP contribution in [0.1, 0.15) is 0 Å². The van der Waals surface area contributed by atoms with Gasteiger partial charge in [-0.1, -0.05) is 0 Å². The van der Waals surface area contributed by atoms with Crippen molar-refractivity contribution in [2.24, 2.45) is 0 Å². The lowest BCUT2D eigenvalue weighted by Gasteiger charge is -2.12. The van der Waals surface area contributed by atoms with Crippen LogP contribution in [-0.2, 0) is 0 Å². The van der Waals surface area contributed by atoms with Crippen LogP contribution >= 0.6 is 0 Å². The Kier molecular flexibility index (Phi) is 4.24. The molecule has 0 aliphatic rings. The minimum Gasteiger partial charge on any atom is -0.493 e. The number of benzene rings is 1. The van der Waals surface area contributed by atoms with Gasteiger partial charge in [0.2, 0.25) is 0 Å². The van der Waals surface area contributed by atoms with Gasteiger partial charge in [0, 0.05) is 11.8 Å². The molecule has 100 valence electrons. The number of carbonyl (C=O) groups excluding carboxylic acids is 1. The van der Waals surface area contributed by atoms with Gasteiger partial charge < -0.3 is 14.8 Å². The second-order valence-corrected chi connectivity index (χ2v) is 3.15. The number of hydrogen-bond donors (Lipinski definition) is 2. The van der Waals surface area contributed by atoms with Crippen LogP contribution in [0.4, 0.5) is 23.7 Å². The Bertz CT molecular complexity index is 435. The number of rotatable bonds is 3. The molecule has 2 amide bonds. The summed E-state index contributed by atoms with van der Waals surface area (Å²) in [5.74, 6) is 0.696. The zero-order valence-electron chi connectivity index (χ0n) is 9.59. The molecule has 0 unspecified atom stereocenters. The first-order chi connectivity index (χ1) is 8.35. The third kappa shape index (κ3) is 4.04. The molecule has 0 aromatic heterocycles. The number of methoxy groups -OCH3 is 2. The molecule has 2 N–H and O–H groups in total. The van der Waals surface area contributed by atoms with Crippen LogP contribution in [0.3, 0.4) is 0 Å². The van der Waals surface area contributed by atoms with Gasteiger partial charge in [0.15, 0.2) is 11.5 Å². The number of anilines is 1. The van der Waals surface area contributed by atoms with Crippen molar-refractivity contribution >= 4 is 11.7 Å².